The van der Waals surface area contributed by atoms with E-state index < -0.39 is 0 Å². The van der Waals surface area contributed by atoms with Crippen LogP contribution in [0.2, 0.25) is 5.02 Å². The van der Waals surface area contributed by atoms with Gasteiger partial charge in [0.15, 0.2) is 0 Å². The molecule has 1 aliphatic carbocycles. The van der Waals surface area contributed by atoms with E-state index in [-0.39, 0.29) is 5.91 Å². The van der Waals surface area contributed by atoms with Gasteiger partial charge in [-0.25, -0.2) is 0 Å². The number of amides is 1. The number of aryl methyl sites for hydroxylation is 1. The van der Waals surface area contributed by atoms with Crippen molar-refractivity contribution in [2.24, 2.45) is 5.92 Å². The summed E-state index contributed by atoms with van der Waals surface area (Å²) in [6, 6.07) is 5.55. The van der Waals surface area contributed by atoms with Crippen LogP contribution in [0.1, 0.15) is 48.0 Å². The van der Waals surface area contributed by atoms with Gasteiger partial charge in [0.2, 0.25) is 0 Å². The SMILES string of the molecule is Cc1ccc(C(=O)NCC2CCCCC2)c(Cl)c1. The Morgan fingerprint density at radius 3 is 2.72 bits per heavy atom. The molecule has 3 heteroatoms. The molecule has 0 heterocycles. The number of benzene rings is 1. The van der Waals surface area contributed by atoms with Gasteiger partial charge in [0.05, 0.1) is 10.6 Å². The van der Waals surface area contributed by atoms with Crippen molar-refractivity contribution in [3.63, 3.8) is 0 Å². The second kappa shape index (κ2) is 6.24. The fraction of sp³-hybridized carbons (Fsp3) is 0.533. The molecule has 1 aliphatic rings. The van der Waals surface area contributed by atoms with Gasteiger partial charge in [0.1, 0.15) is 0 Å². The van der Waals surface area contributed by atoms with E-state index >= 15 is 0 Å². The molecular formula is C15H20ClNO. The third kappa shape index (κ3) is 3.49. The quantitative estimate of drug-likeness (QED) is 0.881. The third-order valence-electron chi connectivity index (χ3n) is 3.65. The Hall–Kier alpha value is -1.02. The smallest absolute Gasteiger partial charge is 0.252 e. The number of carbonyl (C=O) groups is 1. The van der Waals surface area contributed by atoms with Crippen LogP contribution in [-0.4, -0.2) is 12.5 Å². The Labute approximate surface area is 114 Å². The third-order valence-corrected chi connectivity index (χ3v) is 3.96. The summed E-state index contributed by atoms with van der Waals surface area (Å²) in [6.45, 7) is 2.75. The zero-order valence-electron chi connectivity index (χ0n) is 10.8. The second-order valence-electron chi connectivity index (χ2n) is 5.20. The summed E-state index contributed by atoms with van der Waals surface area (Å²) in [6.07, 6.45) is 6.41. The number of carbonyl (C=O) groups excluding carboxylic acids is 1. The Bertz CT molecular complexity index is 425. The highest BCUT2D eigenvalue weighted by atomic mass is 35.5. The van der Waals surface area contributed by atoms with Crippen LogP contribution >= 0.6 is 11.6 Å². The van der Waals surface area contributed by atoms with Crippen LogP contribution in [0.5, 0.6) is 0 Å². The van der Waals surface area contributed by atoms with E-state index in [2.05, 4.69) is 5.32 Å². The maximum absolute atomic E-state index is 12.0. The molecule has 2 rings (SSSR count). The van der Waals surface area contributed by atoms with E-state index in [1.54, 1.807) is 6.07 Å². The number of hydrogen-bond acceptors (Lipinski definition) is 1. The van der Waals surface area contributed by atoms with Gasteiger partial charge in [-0.05, 0) is 43.4 Å². The molecule has 1 fully saturated rings. The van der Waals surface area contributed by atoms with Gasteiger partial charge in [0, 0.05) is 6.54 Å². The van der Waals surface area contributed by atoms with Crippen LogP contribution in [0.4, 0.5) is 0 Å². The van der Waals surface area contributed by atoms with Gasteiger partial charge in [0.25, 0.3) is 5.91 Å². The average Bonchev–Trinajstić information content (AvgIpc) is 2.37. The van der Waals surface area contributed by atoms with E-state index in [0.29, 0.717) is 16.5 Å². The monoisotopic (exact) mass is 265 g/mol. The predicted octanol–water partition coefficient (Wildman–Crippen LogP) is 3.96. The molecule has 0 bridgehead atoms. The lowest BCUT2D eigenvalue weighted by Crippen LogP contribution is -2.30. The number of rotatable bonds is 3. The topological polar surface area (TPSA) is 29.1 Å². The summed E-state index contributed by atoms with van der Waals surface area (Å²) in [4.78, 5) is 12.0. The molecule has 1 aromatic carbocycles. The molecule has 1 aromatic rings. The highest BCUT2D eigenvalue weighted by molar-refractivity contribution is 6.33. The molecule has 1 N–H and O–H groups in total. The minimum Gasteiger partial charge on any atom is -0.352 e. The molecule has 1 saturated carbocycles. The number of halogens is 1. The summed E-state index contributed by atoms with van der Waals surface area (Å²) >= 11 is 6.09. The van der Waals surface area contributed by atoms with E-state index in [1.807, 2.05) is 19.1 Å². The second-order valence-corrected chi connectivity index (χ2v) is 5.60. The van der Waals surface area contributed by atoms with Crippen molar-refractivity contribution < 1.29 is 4.79 Å². The largest absolute Gasteiger partial charge is 0.352 e. The van der Waals surface area contributed by atoms with Gasteiger partial charge in [-0.2, -0.15) is 0 Å². The zero-order valence-corrected chi connectivity index (χ0v) is 11.6. The lowest BCUT2D eigenvalue weighted by atomic mass is 9.89. The maximum atomic E-state index is 12.0. The standard InChI is InChI=1S/C15H20ClNO/c1-11-7-8-13(14(16)9-11)15(18)17-10-12-5-3-2-4-6-12/h7-9,12H,2-6,10H2,1H3,(H,17,18). The van der Waals surface area contributed by atoms with Crippen LogP contribution in [0.25, 0.3) is 0 Å². The lowest BCUT2D eigenvalue weighted by Gasteiger charge is -2.21. The molecule has 0 radical (unpaired) electrons. The molecule has 0 aromatic heterocycles. The Kier molecular flexibility index (Phi) is 4.65. The fourth-order valence-corrected chi connectivity index (χ4v) is 2.85. The van der Waals surface area contributed by atoms with Crippen LogP contribution in [0.3, 0.4) is 0 Å². The minimum atomic E-state index is -0.0504. The van der Waals surface area contributed by atoms with Crippen molar-refractivity contribution in [1.29, 1.82) is 0 Å². The highest BCUT2D eigenvalue weighted by Crippen LogP contribution is 2.23. The fourth-order valence-electron chi connectivity index (χ4n) is 2.53. The first kappa shape index (κ1) is 13.4. The highest BCUT2D eigenvalue weighted by Gasteiger charge is 2.16. The molecule has 0 atom stereocenters. The lowest BCUT2D eigenvalue weighted by molar-refractivity contribution is 0.0943. The Morgan fingerprint density at radius 2 is 2.06 bits per heavy atom. The molecule has 98 valence electrons. The van der Waals surface area contributed by atoms with Gasteiger partial charge in [-0.3, -0.25) is 4.79 Å². The van der Waals surface area contributed by atoms with E-state index in [9.17, 15) is 4.79 Å². The van der Waals surface area contributed by atoms with Crippen LogP contribution in [0.15, 0.2) is 18.2 Å². The van der Waals surface area contributed by atoms with E-state index in [4.69, 9.17) is 11.6 Å². The summed E-state index contributed by atoms with van der Waals surface area (Å²) in [7, 11) is 0. The number of nitrogens with one attached hydrogen (secondary N) is 1. The minimum absolute atomic E-state index is 0.0504. The van der Waals surface area contributed by atoms with Crippen LogP contribution in [-0.2, 0) is 0 Å². The van der Waals surface area contributed by atoms with Crippen LogP contribution in [0, 0.1) is 12.8 Å². The molecule has 18 heavy (non-hydrogen) atoms. The average molecular weight is 266 g/mol. The van der Waals surface area contributed by atoms with Gasteiger partial charge >= 0.3 is 0 Å². The normalized spacial score (nSPS) is 16.6. The van der Waals surface area contributed by atoms with E-state index in [1.165, 1.54) is 32.1 Å². The Balaban J connectivity index is 1.90. The first-order chi connectivity index (χ1) is 8.66. The van der Waals surface area contributed by atoms with Crippen molar-refractivity contribution >= 4 is 17.5 Å². The van der Waals surface area contributed by atoms with Crippen LogP contribution < -0.4 is 5.32 Å². The molecular weight excluding hydrogens is 246 g/mol. The molecule has 0 aliphatic heterocycles. The predicted molar refractivity (Wildman–Crippen MR) is 75.1 cm³/mol. The van der Waals surface area contributed by atoms with Crippen molar-refractivity contribution in [3.8, 4) is 0 Å². The van der Waals surface area contributed by atoms with Gasteiger partial charge in [-0.1, -0.05) is 36.9 Å². The first-order valence-electron chi connectivity index (χ1n) is 6.71. The Morgan fingerprint density at radius 1 is 1.33 bits per heavy atom. The molecule has 1 amide bonds. The van der Waals surface area contributed by atoms with Crippen molar-refractivity contribution in [1.82, 2.24) is 5.32 Å². The van der Waals surface area contributed by atoms with Crippen molar-refractivity contribution in [2.75, 3.05) is 6.54 Å². The number of hydrogen-bond donors (Lipinski definition) is 1. The first-order valence-corrected chi connectivity index (χ1v) is 7.09. The molecule has 0 saturated heterocycles. The maximum Gasteiger partial charge on any atom is 0.252 e. The summed E-state index contributed by atoms with van der Waals surface area (Å²) < 4.78 is 0. The van der Waals surface area contributed by atoms with Gasteiger partial charge < -0.3 is 5.32 Å². The van der Waals surface area contributed by atoms with Crippen molar-refractivity contribution in [3.05, 3.63) is 34.3 Å². The van der Waals surface area contributed by atoms with E-state index in [0.717, 1.165) is 12.1 Å². The molecule has 0 spiro atoms. The van der Waals surface area contributed by atoms with Gasteiger partial charge in [-0.15, -0.1) is 0 Å². The summed E-state index contributed by atoms with van der Waals surface area (Å²) in [5, 5.41) is 3.54. The molecule has 2 nitrogen and oxygen atoms in total. The summed E-state index contributed by atoms with van der Waals surface area (Å²) in [5.41, 5.74) is 1.65. The zero-order chi connectivity index (χ0) is 13.0. The molecule has 0 unspecified atom stereocenters. The summed E-state index contributed by atoms with van der Waals surface area (Å²) in [5.74, 6) is 0.595. The van der Waals surface area contributed by atoms with Crippen molar-refractivity contribution in [2.45, 2.75) is 39.0 Å².